The van der Waals surface area contributed by atoms with Gasteiger partial charge in [-0.3, -0.25) is 0 Å². The quantitative estimate of drug-likeness (QED) is 0.716. The summed E-state index contributed by atoms with van der Waals surface area (Å²) in [5, 5.41) is 1.18. The van der Waals surface area contributed by atoms with Gasteiger partial charge in [-0.05, 0) is 18.2 Å². The Morgan fingerprint density at radius 2 is 2.14 bits per heavy atom. The molecule has 70 valence electrons. The van der Waals surface area contributed by atoms with Gasteiger partial charge in [0, 0.05) is 15.4 Å². The zero-order valence-corrected chi connectivity index (χ0v) is 9.04. The van der Waals surface area contributed by atoms with Gasteiger partial charge in [0.1, 0.15) is 0 Å². The molecule has 0 saturated heterocycles. The number of pyridine rings is 1. The fraction of sp³-hybridized carbons (Fsp3) is 0.182. The lowest BCUT2D eigenvalue weighted by Crippen LogP contribution is -1.89. The van der Waals surface area contributed by atoms with Crippen molar-refractivity contribution >= 4 is 26.8 Å². The Morgan fingerprint density at radius 1 is 1.21 bits per heavy atom. The van der Waals surface area contributed by atoms with Gasteiger partial charge in [0.15, 0.2) is 0 Å². The average molecular weight is 250 g/mol. The lowest BCUT2D eigenvalue weighted by Gasteiger charge is -2.01. The molecule has 14 heavy (non-hydrogen) atoms. The molecular formula is C11H8BrNO. The van der Waals surface area contributed by atoms with E-state index < -0.39 is 0 Å². The predicted molar refractivity (Wildman–Crippen MR) is 57.9 cm³/mol. The van der Waals surface area contributed by atoms with Crippen molar-refractivity contribution in [2.24, 2.45) is 0 Å². The topological polar surface area (TPSA) is 22.1 Å². The maximum absolute atomic E-state index is 5.34. The molecule has 0 saturated carbocycles. The van der Waals surface area contributed by atoms with Crippen molar-refractivity contribution in [3.05, 3.63) is 40.0 Å². The van der Waals surface area contributed by atoms with Crippen LogP contribution in [0.2, 0.25) is 0 Å². The largest absolute Gasteiger partial charge is 0.370 e. The smallest absolute Gasteiger partial charge is 0.0896 e. The van der Waals surface area contributed by atoms with Crippen LogP contribution in [-0.2, 0) is 18.0 Å². The van der Waals surface area contributed by atoms with Crippen LogP contribution >= 0.6 is 15.9 Å². The second-order valence-corrected chi connectivity index (χ2v) is 4.34. The summed E-state index contributed by atoms with van der Waals surface area (Å²) < 4.78 is 6.41. The second-order valence-electron chi connectivity index (χ2n) is 3.42. The van der Waals surface area contributed by atoms with Crippen LogP contribution in [0, 0.1) is 0 Å². The van der Waals surface area contributed by atoms with Crippen LogP contribution in [0.15, 0.2) is 28.7 Å². The minimum absolute atomic E-state index is 0.651. The summed E-state index contributed by atoms with van der Waals surface area (Å²) in [7, 11) is 0. The molecule has 0 atom stereocenters. The normalized spacial score (nSPS) is 14.6. The van der Waals surface area contributed by atoms with Crippen molar-refractivity contribution in [3.8, 4) is 0 Å². The molecule has 1 aliphatic rings. The number of halogens is 1. The number of fused-ring (bicyclic) bond motifs is 2. The number of benzene rings is 1. The first-order valence-electron chi connectivity index (χ1n) is 4.49. The molecule has 1 aliphatic heterocycles. The van der Waals surface area contributed by atoms with E-state index in [2.05, 4.69) is 33.0 Å². The molecule has 0 amide bonds. The van der Waals surface area contributed by atoms with E-state index in [-0.39, 0.29) is 0 Å². The highest BCUT2D eigenvalue weighted by atomic mass is 79.9. The highest BCUT2D eigenvalue weighted by Crippen LogP contribution is 2.24. The molecule has 2 nitrogen and oxygen atoms in total. The number of aromatic nitrogens is 1. The molecule has 0 bridgehead atoms. The highest BCUT2D eigenvalue weighted by Gasteiger charge is 2.13. The summed E-state index contributed by atoms with van der Waals surface area (Å²) in [6, 6.07) is 8.31. The number of hydrogen-bond donors (Lipinski definition) is 0. The first-order valence-corrected chi connectivity index (χ1v) is 5.28. The maximum atomic E-state index is 5.34. The summed E-state index contributed by atoms with van der Waals surface area (Å²) in [5.41, 5.74) is 3.33. The molecule has 2 aromatic rings. The van der Waals surface area contributed by atoms with Crippen LogP contribution in [0.25, 0.3) is 10.9 Å². The molecule has 3 heteroatoms. The molecule has 0 unspecified atom stereocenters. The molecule has 0 radical (unpaired) electrons. The second kappa shape index (κ2) is 3.04. The highest BCUT2D eigenvalue weighted by molar-refractivity contribution is 9.10. The number of rotatable bonds is 0. The van der Waals surface area contributed by atoms with E-state index in [9.17, 15) is 0 Å². The Labute approximate surface area is 90.0 Å². The van der Waals surface area contributed by atoms with Crippen LogP contribution in [0.3, 0.4) is 0 Å². The fourth-order valence-corrected chi connectivity index (χ4v) is 2.08. The SMILES string of the molecule is Brc1ccc2cc3c(nc2c1)COC3. The summed E-state index contributed by atoms with van der Waals surface area (Å²) in [6.07, 6.45) is 0. The van der Waals surface area contributed by atoms with E-state index in [4.69, 9.17) is 4.74 Å². The molecule has 0 fully saturated rings. The van der Waals surface area contributed by atoms with Gasteiger partial charge >= 0.3 is 0 Å². The van der Waals surface area contributed by atoms with E-state index >= 15 is 0 Å². The van der Waals surface area contributed by atoms with Gasteiger partial charge < -0.3 is 4.74 Å². The van der Waals surface area contributed by atoms with Gasteiger partial charge in [0.2, 0.25) is 0 Å². The van der Waals surface area contributed by atoms with Crippen LogP contribution < -0.4 is 0 Å². The van der Waals surface area contributed by atoms with Crippen molar-refractivity contribution in [3.63, 3.8) is 0 Å². The summed E-state index contributed by atoms with van der Waals surface area (Å²) in [4.78, 5) is 4.56. The number of nitrogens with zero attached hydrogens (tertiary/aromatic N) is 1. The number of ether oxygens (including phenoxy) is 1. The van der Waals surface area contributed by atoms with Crippen molar-refractivity contribution in [2.75, 3.05) is 0 Å². The molecule has 0 spiro atoms. The van der Waals surface area contributed by atoms with Crippen molar-refractivity contribution in [1.29, 1.82) is 0 Å². The monoisotopic (exact) mass is 249 g/mol. The minimum atomic E-state index is 0.651. The summed E-state index contributed by atoms with van der Waals surface area (Å²) in [6.45, 7) is 1.35. The van der Waals surface area contributed by atoms with Crippen molar-refractivity contribution in [2.45, 2.75) is 13.2 Å². The molecular weight excluding hydrogens is 242 g/mol. The van der Waals surface area contributed by atoms with Crippen molar-refractivity contribution < 1.29 is 4.74 Å². The summed E-state index contributed by atoms with van der Waals surface area (Å²) >= 11 is 3.44. The number of hydrogen-bond acceptors (Lipinski definition) is 2. The van der Waals surface area contributed by atoms with Gasteiger partial charge in [-0.15, -0.1) is 0 Å². The Morgan fingerprint density at radius 3 is 3.07 bits per heavy atom. The van der Waals surface area contributed by atoms with Gasteiger partial charge in [0.25, 0.3) is 0 Å². The first kappa shape index (κ1) is 8.38. The third-order valence-corrected chi connectivity index (χ3v) is 2.94. The van der Waals surface area contributed by atoms with E-state index in [1.807, 2.05) is 12.1 Å². The molecule has 3 rings (SSSR count). The Kier molecular flexibility index (Phi) is 1.82. The van der Waals surface area contributed by atoms with E-state index in [1.165, 1.54) is 10.9 Å². The van der Waals surface area contributed by atoms with E-state index in [0.29, 0.717) is 13.2 Å². The zero-order valence-electron chi connectivity index (χ0n) is 7.46. The Balaban J connectivity index is 2.33. The molecule has 1 aromatic heterocycles. The lowest BCUT2D eigenvalue weighted by atomic mass is 10.1. The van der Waals surface area contributed by atoms with Crippen LogP contribution in [0.1, 0.15) is 11.3 Å². The standard InChI is InChI=1S/C11H8BrNO/c12-9-2-1-7-3-8-5-14-6-11(8)13-10(7)4-9/h1-4H,5-6H2. The lowest BCUT2D eigenvalue weighted by molar-refractivity contribution is 0.133. The Hall–Kier alpha value is -0.930. The zero-order chi connectivity index (χ0) is 9.54. The van der Waals surface area contributed by atoms with Gasteiger partial charge in [-0.1, -0.05) is 22.0 Å². The average Bonchev–Trinajstić information content (AvgIpc) is 2.61. The van der Waals surface area contributed by atoms with Crippen LogP contribution in [0.5, 0.6) is 0 Å². The maximum Gasteiger partial charge on any atom is 0.0896 e. The minimum Gasteiger partial charge on any atom is -0.370 e. The van der Waals surface area contributed by atoms with Crippen molar-refractivity contribution in [1.82, 2.24) is 4.98 Å². The molecule has 0 N–H and O–H groups in total. The summed E-state index contributed by atoms with van der Waals surface area (Å²) in [5.74, 6) is 0. The molecule has 1 aromatic carbocycles. The van der Waals surface area contributed by atoms with E-state index in [0.717, 1.165) is 15.7 Å². The third-order valence-electron chi connectivity index (χ3n) is 2.44. The first-order chi connectivity index (χ1) is 6.83. The Bertz CT molecular complexity index is 510. The van der Waals surface area contributed by atoms with Crippen LogP contribution in [0.4, 0.5) is 0 Å². The third kappa shape index (κ3) is 1.24. The van der Waals surface area contributed by atoms with E-state index in [1.54, 1.807) is 0 Å². The fourth-order valence-electron chi connectivity index (χ4n) is 1.73. The van der Waals surface area contributed by atoms with Crippen LogP contribution in [-0.4, -0.2) is 4.98 Å². The predicted octanol–water partition coefficient (Wildman–Crippen LogP) is 3.03. The van der Waals surface area contributed by atoms with Gasteiger partial charge in [-0.2, -0.15) is 0 Å². The molecule has 0 aliphatic carbocycles. The van der Waals surface area contributed by atoms with Gasteiger partial charge in [0.05, 0.1) is 24.4 Å². The van der Waals surface area contributed by atoms with Gasteiger partial charge in [-0.25, -0.2) is 4.98 Å². The molecule has 2 heterocycles.